The third-order valence-corrected chi connectivity index (χ3v) is 4.59. The molecule has 0 fully saturated rings. The predicted octanol–water partition coefficient (Wildman–Crippen LogP) is 3.22. The lowest BCUT2D eigenvalue weighted by Gasteiger charge is -2.07. The van der Waals surface area contributed by atoms with E-state index in [-0.39, 0.29) is 5.11 Å². The van der Waals surface area contributed by atoms with Crippen molar-refractivity contribution in [3.63, 3.8) is 0 Å². The van der Waals surface area contributed by atoms with Gasteiger partial charge in [0.2, 0.25) is 5.11 Å². The van der Waals surface area contributed by atoms with E-state index in [1.807, 2.05) is 6.07 Å². The summed E-state index contributed by atoms with van der Waals surface area (Å²) in [4.78, 5) is 12.2. The van der Waals surface area contributed by atoms with Crippen molar-refractivity contribution in [2.45, 2.75) is 4.90 Å². The topological polar surface area (TPSA) is 67.8 Å². The molecule has 0 aliphatic heterocycles. The molecule has 0 heterocycles. The molecule has 0 aliphatic carbocycles. The van der Waals surface area contributed by atoms with Crippen molar-refractivity contribution < 1.29 is 13.7 Å². The number of amides is 1. The van der Waals surface area contributed by atoms with Crippen molar-refractivity contribution in [2.75, 3.05) is 6.26 Å². The molecule has 5 nitrogen and oxygen atoms in total. The molecule has 2 rings (SSSR count). The smallest absolute Gasteiger partial charge is 0.410 e. The highest BCUT2D eigenvalue weighted by Gasteiger charge is 2.10. The number of nitrogens with one attached hydrogen (secondary N) is 1. The highest BCUT2D eigenvalue weighted by Crippen LogP contribution is 2.11. The second-order valence-electron chi connectivity index (χ2n) is 4.34. The summed E-state index contributed by atoms with van der Waals surface area (Å²) < 4.78 is 21.4. The first-order valence-corrected chi connectivity index (χ1v) is 8.65. The Morgan fingerprint density at radius 1 is 1.09 bits per heavy atom. The van der Waals surface area contributed by atoms with Crippen molar-refractivity contribution in [1.29, 1.82) is 0 Å². The first-order valence-electron chi connectivity index (χ1n) is 6.32. The molecule has 114 valence electrons. The average Bonchev–Trinajstić information content (AvgIpc) is 2.48. The van der Waals surface area contributed by atoms with Gasteiger partial charge in [-0.25, -0.2) is 9.00 Å². The zero-order valence-corrected chi connectivity index (χ0v) is 13.4. The largest absolute Gasteiger partial charge is 0.418 e. The number of ether oxygens (including phenoxy) is 1. The molecule has 1 N–H and O–H groups in total. The number of carbonyl (C=O) groups excluding carboxylic acids is 1. The van der Waals surface area contributed by atoms with E-state index in [1.165, 1.54) is 6.26 Å². The summed E-state index contributed by atoms with van der Waals surface area (Å²) in [6.45, 7) is 0. The lowest BCUT2D eigenvalue weighted by Crippen LogP contribution is -2.31. The van der Waals surface area contributed by atoms with E-state index in [9.17, 15) is 9.00 Å². The van der Waals surface area contributed by atoms with Crippen LogP contribution in [-0.4, -0.2) is 21.7 Å². The first kappa shape index (κ1) is 16.1. The van der Waals surface area contributed by atoms with Gasteiger partial charge in [0, 0.05) is 11.2 Å². The number of hydrogen-bond donors (Lipinski definition) is 1. The number of nitrogens with zero attached hydrogens (tertiary/aromatic N) is 1. The predicted molar refractivity (Wildman–Crippen MR) is 89.4 cm³/mol. The zero-order chi connectivity index (χ0) is 16.0. The highest BCUT2D eigenvalue weighted by molar-refractivity contribution is 7.94. The fourth-order valence-electron chi connectivity index (χ4n) is 1.62. The Morgan fingerprint density at radius 2 is 1.64 bits per heavy atom. The van der Waals surface area contributed by atoms with Crippen molar-refractivity contribution in [1.82, 2.24) is 5.32 Å². The van der Waals surface area contributed by atoms with E-state index in [1.54, 1.807) is 54.6 Å². The second-order valence-corrected chi connectivity index (χ2v) is 6.99. The number of rotatable bonds is 2. The van der Waals surface area contributed by atoms with Crippen LogP contribution < -0.4 is 10.1 Å². The molecule has 0 saturated carbocycles. The number of benzene rings is 2. The molecule has 0 saturated heterocycles. The molecule has 2 aromatic carbocycles. The molecule has 1 amide bonds. The minimum Gasteiger partial charge on any atom is -0.410 e. The summed E-state index contributed by atoms with van der Waals surface area (Å²) in [6.07, 6.45) is 0.682. The zero-order valence-electron chi connectivity index (χ0n) is 11.8. The summed E-state index contributed by atoms with van der Waals surface area (Å²) in [5.74, 6) is 0.378. The van der Waals surface area contributed by atoms with Gasteiger partial charge in [0.15, 0.2) is 0 Å². The van der Waals surface area contributed by atoms with Crippen LogP contribution in [0, 0.1) is 0 Å². The Balaban J connectivity index is 2.05. The van der Waals surface area contributed by atoms with E-state index in [4.69, 9.17) is 17.0 Å². The maximum atomic E-state index is 12.5. The normalized spacial score (nSPS) is 12.8. The van der Waals surface area contributed by atoms with Crippen LogP contribution in [0.25, 0.3) is 0 Å². The SMILES string of the molecule is C[S@](=O)(=NC(=S)NC(=O)Oc1ccccc1)c1ccccc1. The summed E-state index contributed by atoms with van der Waals surface area (Å²) in [5, 5.41) is 2.10. The molecule has 7 heteroatoms. The van der Waals surface area contributed by atoms with Crippen LogP contribution in [0.4, 0.5) is 4.79 Å². The van der Waals surface area contributed by atoms with Crippen LogP contribution in [-0.2, 0) is 9.73 Å². The lowest BCUT2D eigenvalue weighted by atomic mass is 10.3. The van der Waals surface area contributed by atoms with Crippen LogP contribution >= 0.6 is 12.2 Å². The van der Waals surface area contributed by atoms with Crippen molar-refractivity contribution >= 4 is 33.2 Å². The van der Waals surface area contributed by atoms with Gasteiger partial charge in [-0.1, -0.05) is 36.4 Å². The molecule has 2 aromatic rings. The minimum absolute atomic E-state index is 0.183. The van der Waals surface area contributed by atoms with Crippen LogP contribution in [0.5, 0.6) is 5.75 Å². The molecule has 0 radical (unpaired) electrons. The fourth-order valence-corrected chi connectivity index (χ4v) is 3.25. The van der Waals surface area contributed by atoms with Gasteiger partial charge in [0.25, 0.3) is 0 Å². The molecule has 22 heavy (non-hydrogen) atoms. The first-order chi connectivity index (χ1) is 10.5. The third-order valence-electron chi connectivity index (χ3n) is 2.60. The van der Waals surface area contributed by atoms with Crippen molar-refractivity contribution in [3.05, 3.63) is 60.7 Å². The van der Waals surface area contributed by atoms with Crippen molar-refractivity contribution in [3.8, 4) is 5.75 Å². The van der Waals surface area contributed by atoms with E-state index < -0.39 is 15.8 Å². The monoisotopic (exact) mass is 334 g/mol. The summed E-state index contributed by atoms with van der Waals surface area (Å²) in [7, 11) is -2.71. The second kappa shape index (κ2) is 7.15. The molecule has 0 bridgehead atoms. The number of thiocarbonyl (C=S) groups is 1. The Kier molecular flexibility index (Phi) is 5.24. The number of para-hydroxylation sites is 1. The maximum absolute atomic E-state index is 12.5. The molecular formula is C15H14N2O3S2. The van der Waals surface area contributed by atoms with Gasteiger partial charge < -0.3 is 4.74 Å². The van der Waals surface area contributed by atoms with Crippen LogP contribution in [0.1, 0.15) is 0 Å². The van der Waals surface area contributed by atoms with Crippen LogP contribution in [0.15, 0.2) is 69.9 Å². The lowest BCUT2D eigenvalue weighted by molar-refractivity contribution is 0.206. The molecule has 1 atom stereocenters. The Bertz CT molecular complexity index is 783. The van der Waals surface area contributed by atoms with E-state index in [0.29, 0.717) is 10.6 Å². The van der Waals surface area contributed by atoms with Gasteiger partial charge in [-0.2, -0.15) is 4.36 Å². The summed E-state index contributed by atoms with van der Waals surface area (Å²) in [6, 6.07) is 17.2. The summed E-state index contributed by atoms with van der Waals surface area (Å²) in [5.41, 5.74) is 0. The minimum atomic E-state index is -2.71. The molecule has 0 spiro atoms. The van der Waals surface area contributed by atoms with Crippen LogP contribution in [0.3, 0.4) is 0 Å². The average molecular weight is 334 g/mol. The molecule has 0 unspecified atom stereocenters. The van der Waals surface area contributed by atoms with E-state index in [2.05, 4.69) is 9.68 Å². The number of hydrogen-bond acceptors (Lipinski definition) is 4. The van der Waals surface area contributed by atoms with E-state index >= 15 is 0 Å². The van der Waals surface area contributed by atoms with Gasteiger partial charge in [-0.05, 0) is 36.5 Å². The van der Waals surface area contributed by atoms with Gasteiger partial charge >= 0.3 is 6.09 Å². The fraction of sp³-hybridized carbons (Fsp3) is 0.0667. The Labute approximate surface area is 134 Å². The van der Waals surface area contributed by atoms with Gasteiger partial charge in [-0.3, -0.25) is 5.32 Å². The summed E-state index contributed by atoms with van der Waals surface area (Å²) >= 11 is 4.94. The molecule has 0 aliphatic rings. The third kappa shape index (κ3) is 4.64. The van der Waals surface area contributed by atoms with Crippen LogP contribution in [0.2, 0.25) is 0 Å². The maximum Gasteiger partial charge on any atom is 0.418 e. The van der Waals surface area contributed by atoms with Gasteiger partial charge in [0.05, 0.1) is 9.73 Å². The Hall–Kier alpha value is -2.25. The van der Waals surface area contributed by atoms with Gasteiger partial charge in [0.1, 0.15) is 5.75 Å². The quantitative estimate of drug-likeness (QED) is 0.856. The van der Waals surface area contributed by atoms with Crippen molar-refractivity contribution in [2.24, 2.45) is 4.36 Å². The standard InChI is InChI=1S/C15H14N2O3S2/c1-22(19,13-10-6-3-7-11-13)17-14(21)16-15(18)20-12-8-4-2-5-9-12/h2-11H,1H3,(H,16,18,21)/t22-/m1/s1. The Morgan fingerprint density at radius 3 is 2.23 bits per heavy atom. The number of carbonyl (C=O) groups is 1. The van der Waals surface area contributed by atoms with Gasteiger partial charge in [-0.15, -0.1) is 0 Å². The molecule has 0 aromatic heterocycles. The molecular weight excluding hydrogens is 320 g/mol. The van der Waals surface area contributed by atoms with E-state index in [0.717, 1.165) is 0 Å². The highest BCUT2D eigenvalue weighted by atomic mass is 32.2.